The van der Waals surface area contributed by atoms with Gasteiger partial charge in [-0.2, -0.15) is 0 Å². The van der Waals surface area contributed by atoms with E-state index in [9.17, 15) is 13.2 Å². The summed E-state index contributed by atoms with van der Waals surface area (Å²) in [6, 6.07) is 2.60. The van der Waals surface area contributed by atoms with E-state index >= 15 is 0 Å². The summed E-state index contributed by atoms with van der Waals surface area (Å²) in [4.78, 5) is 8.72. The highest BCUT2D eigenvalue weighted by Crippen LogP contribution is 2.49. The number of hydrogen-bond acceptors (Lipinski definition) is 5. The molecule has 2 saturated carbocycles. The average molecular weight is 449 g/mol. The summed E-state index contributed by atoms with van der Waals surface area (Å²) in [6.45, 7) is 3.99. The van der Waals surface area contributed by atoms with Gasteiger partial charge in [-0.05, 0) is 61.8 Å². The molecule has 4 atom stereocenters. The normalized spacial score (nSPS) is 25.8. The van der Waals surface area contributed by atoms with E-state index in [2.05, 4.69) is 27.4 Å². The van der Waals surface area contributed by atoms with E-state index in [1.54, 1.807) is 11.6 Å². The second-order valence-electron chi connectivity index (χ2n) is 8.68. The monoisotopic (exact) mass is 448 g/mol. The van der Waals surface area contributed by atoms with Gasteiger partial charge in [-0.3, -0.25) is 0 Å². The molecule has 2 bridgehead atoms. The fourth-order valence-electron chi connectivity index (χ4n) is 5.46. The molecule has 0 N–H and O–H groups in total. The van der Waals surface area contributed by atoms with Crippen LogP contribution < -0.4 is 4.74 Å². The lowest BCUT2D eigenvalue weighted by Crippen LogP contribution is -2.17. The Morgan fingerprint density at radius 2 is 2.10 bits per heavy atom. The molecule has 31 heavy (non-hydrogen) atoms. The van der Waals surface area contributed by atoms with Crippen molar-refractivity contribution in [1.82, 2.24) is 9.97 Å². The largest absolute Gasteiger partial charge is 0.573 e. The third kappa shape index (κ3) is 4.35. The van der Waals surface area contributed by atoms with Crippen LogP contribution in [-0.2, 0) is 6.42 Å². The molecule has 2 aliphatic rings. The summed E-state index contributed by atoms with van der Waals surface area (Å²) in [6.07, 6.45) is 5.61. The molecular formula is C23H23F3N2O2S. The highest BCUT2D eigenvalue weighted by molar-refractivity contribution is 7.13. The number of alkyl halides is 3. The highest BCUT2D eigenvalue weighted by atomic mass is 32.1. The van der Waals surface area contributed by atoms with Gasteiger partial charge in [-0.25, -0.2) is 9.97 Å². The Balaban J connectivity index is 1.38. The Labute approximate surface area is 182 Å². The van der Waals surface area contributed by atoms with Gasteiger partial charge in [0.1, 0.15) is 16.3 Å². The number of ether oxygens (including phenoxy) is 1. The molecular weight excluding hydrogens is 425 g/mol. The van der Waals surface area contributed by atoms with Crippen LogP contribution in [0.25, 0.3) is 21.7 Å². The average Bonchev–Trinajstić information content (AvgIpc) is 3.43. The minimum absolute atomic E-state index is 0.315. The first kappa shape index (κ1) is 20.5. The number of thiazole rings is 1. The molecule has 1 aromatic carbocycles. The molecule has 0 radical (unpaired) electrons. The van der Waals surface area contributed by atoms with Crippen molar-refractivity contribution in [3.63, 3.8) is 0 Å². The zero-order valence-corrected chi connectivity index (χ0v) is 17.7. The van der Waals surface area contributed by atoms with Gasteiger partial charge in [0.15, 0.2) is 11.5 Å². The molecule has 2 aliphatic carbocycles. The van der Waals surface area contributed by atoms with Crippen LogP contribution in [0.3, 0.4) is 0 Å². The lowest BCUT2D eigenvalue weighted by atomic mass is 9.78. The second kappa shape index (κ2) is 7.97. The fourth-order valence-corrected chi connectivity index (χ4v) is 6.11. The molecule has 164 valence electrons. The molecule has 5 rings (SSSR count). The van der Waals surface area contributed by atoms with Gasteiger partial charge in [0.2, 0.25) is 0 Å². The second-order valence-corrected chi connectivity index (χ2v) is 9.58. The molecule has 3 aromatic rings. The lowest BCUT2D eigenvalue weighted by Gasteiger charge is -2.28. The number of fused-ring (bicyclic) bond motifs is 3. The zero-order valence-electron chi connectivity index (χ0n) is 16.9. The highest BCUT2D eigenvalue weighted by Gasteiger charge is 2.39. The number of nitrogens with zero attached hydrogens (tertiary/aromatic N) is 2. The number of halogens is 3. The molecule has 2 aromatic heterocycles. The molecule has 0 saturated heterocycles. The van der Waals surface area contributed by atoms with Crippen LogP contribution >= 0.6 is 11.3 Å². The Morgan fingerprint density at radius 3 is 2.84 bits per heavy atom. The predicted octanol–water partition coefficient (Wildman–Crippen LogP) is 7.02. The van der Waals surface area contributed by atoms with Gasteiger partial charge in [0.05, 0.1) is 5.56 Å². The zero-order chi connectivity index (χ0) is 21.6. The van der Waals surface area contributed by atoms with Crippen molar-refractivity contribution in [1.29, 1.82) is 0 Å². The first-order valence-corrected chi connectivity index (χ1v) is 11.5. The van der Waals surface area contributed by atoms with Gasteiger partial charge in [0.25, 0.3) is 0 Å². The molecule has 0 spiro atoms. The van der Waals surface area contributed by atoms with Crippen molar-refractivity contribution in [3.8, 4) is 16.3 Å². The van der Waals surface area contributed by atoms with Crippen LogP contribution in [-0.4, -0.2) is 16.3 Å². The van der Waals surface area contributed by atoms with E-state index < -0.39 is 6.36 Å². The standard InChI is InChI=1S/C23H23F3N2O2S/c1-2-15-9-14-7-13(8-16(15)10-14)3-4-20-28-19-12-17(30-23(24,25)26)11-18(21(19)29-20)22-27-5-6-31-22/h2,5-6,11-16H,1,3-4,7-10H2. The van der Waals surface area contributed by atoms with E-state index in [4.69, 9.17) is 4.42 Å². The third-order valence-corrected chi connectivity index (χ3v) is 7.43. The summed E-state index contributed by atoms with van der Waals surface area (Å²) < 4.78 is 48.5. The molecule has 8 heteroatoms. The topological polar surface area (TPSA) is 48.2 Å². The number of allylic oxidation sites excluding steroid dienone is 1. The first-order chi connectivity index (χ1) is 14.9. The Hall–Kier alpha value is -2.35. The van der Waals surface area contributed by atoms with Crippen molar-refractivity contribution >= 4 is 22.4 Å². The maximum atomic E-state index is 12.8. The van der Waals surface area contributed by atoms with Gasteiger partial charge in [0, 0.05) is 24.1 Å². The van der Waals surface area contributed by atoms with Gasteiger partial charge >= 0.3 is 6.36 Å². The van der Waals surface area contributed by atoms with Crippen molar-refractivity contribution in [2.24, 2.45) is 23.7 Å². The number of hydrogen-bond donors (Lipinski definition) is 0. The number of aromatic nitrogens is 2. The summed E-state index contributed by atoms with van der Waals surface area (Å²) in [5, 5.41) is 2.34. The van der Waals surface area contributed by atoms with Gasteiger partial charge < -0.3 is 9.15 Å². The van der Waals surface area contributed by atoms with Crippen LogP contribution in [0.2, 0.25) is 0 Å². The summed E-state index contributed by atoms with van der Waals surface area (Å²) in [5.41, 5.74) is 1.28. The predicted molar refractivity (Wildman–Crippen MR) is 113 cm³/mol. The summed E-state index contributed by atoms with van der Waals surface area (Å²) >= 11 is 1.33. The molecule has 0 aliphatic heterocycles. The van der Waals surface area contributed by atoms with Crippen molar-refractivity contribution in [2.45, 2.75) is 44.9 Å². The van der Waals surface area contributed by atoms with Crippen LogP contribution in [0.4, 0.5) is 13.2 Å². The summed E-state index contributed by atoms with van der Waals surface area (Å²) in [5.74, 6) is 3.04. The van der Waals surface area contributed by atoms with E-state index in [-0.39, 0.29) is 5.75 Å². The van der Waals surface area contributed by atoms with E-state index in [1.807, 2.05) is 0 Å². The SMILES string of the molecule is C=CC1CC2CC(CCc3nc4cc(OC(F)(F)F)cc(-c5nccs5)c4o3)CC1C2. The van der Waals surface area contributed by atoms with Crippen LogP contribution in [0.5, 0.6) is 5.75 Å². The van der Waals surface area contributed by atoms with Crippen molar-refractivity contribution in [2.75, 3.05) is 0 Å². The molecule has 2 fully saturated rings. The Morgan fingerprint density at radius 1 is 1.23 bits per heavy atom. The minimum atomic E-state index is -4.77. The Bertz CT molecular complexity index is 1080. The lowest BCUT2D eigenvalue weighted by molar-refractivity contribution is -0.274. The quantitative estimate of drug-likeness (QED) is 0.380. The molecule has 0 amide bonds. The number of oxazole rings is 1. The van der Waals surface area contributed by atoms with E-state index in [0.717, 1.165) is 18.3 Å². The molecule has 4 nitrogen and oxygen atoms in total. The van der Waals surface area contributed by atoms with Crippen molar-refractivity contribution in [3.05, 3.63) is 42.3 Å². The number of rotatable bonds is 6. The van der Waals surface area contributed by atoms with Crippen LogP contribution in [0.1, 0.15) is 38.0 Å². The maximum Gasteiger partial charge on any atom is 0.573 e. The molecule has 4 unspecified atom stereocenters. The van der Waals surface area contributed by atoms with Crippen LogP contribution in [0, 0.1) is 23.7 Å². The first-order valence-electron chi connectivity index (χ1n) is 10.6. The summed E-state index contributed by atoms with van der Waals surface area (Å²) in [7, 11) is 0. The smallest absolute Gasteiger partial charge is 0.440 e. The van der Waals surface area contributed by atoms with E-state index in [1.165, 1.54) is 49.2 Å². The maximum absolute atomic E-state index is 12.8. The van der Waals surface area contributed by atoms with Crippen LogP contribution in [0.15, 0.2) is 40.8 Å². The van der Waals surface area contributed by atoms with Gasteiger partial charge in [-0.15, -0.1) is 31.1 Å². The molecule has 2 heterocycles. The third-order valence-electron chi connectivity index (χ3n) is 6.62. The Kier molecular flexibility index (Phi) is 5.28. The number of aryl methyl sites for hydroxylation is 1. The minimum Gasteiger partial charge on any atom is -0.440 e. The number of benzene rings is 1. The van der Waals surface area contributed by atoms with Gasteiger partial charge in [-0.1, -0.05) is 6.08 Å². The fraction of sp³-hybridized carbons (Fsp3) is 0.478. The van der Waals surface area contributed by atoms with Crippen molar-refractivity contribution < 1.29 is 22.3 Å². The van der Waals surface area contributed by atoms with E-state index in [0.29, 0.717) is 45.8 Å².